The Kier molecular flexibility index (Phi) is 5.55. The fraction of sp³-hybridized carbons (Fsp3) is 0.0769. The molecule has 158 valence electrons. The number of carbonyl (C=O) groups is 2. The van der Waals surface area contributed by atoms with Gasteiger partial charge in [-0.3, -0.25) is 14.2 Å². The summed E-state index contributed by atoms with van der Waals surface area (Å²) in [4.78, 5) is 27.3. The van der Waals surface area contributed by atoms with Crippen molar-refractivity contribution in [1.82, 2.24) is 4.57 Å². The first-order valence-electron chi connectivity index (χ1n) is 10.3. The Labute approximate surface area is 193 Å². The number of carbonyl (C=O) groups excluding carboxylic acids is 2. The van der Waals surface area contributed by atoms with Crippen LogP contribution >= 0.6 is 23.1 Å². The van der Waals surface area contributed by atoms with Crippen molar-refractivity contribution >= 4 is 62.4 Å². The van der Waals surface area contributed by atoms with Crippen LogP contribution in [0.2, 0.25) is 0 Å². The number of nitrogens with one attached hydrogen (secondary N) is 1. The molecule has 0 aliphatic heterocycles. The van der Waals surface area contributed by atoms with Gasteiger partial charge >= 0.3 is 0 Å². The zero-order valence-electron chi connectivity index (χ0n) is 17.3. The summed E-state index contributed by atoms with van der Waals surface area (Å²) >= 11 is 2.92. The summed E-state index contributed by atoms with van der Waals surface area (Å²) < 4.78 is 1.83. The molecule has 0 saturated carbocycles. The average molecular weight is 457 g/mol. The van der Waals surface area contributed by atoms with Crippen LogP contribution in [0.25, 0.3) is 21.8 Å². The summed E-state index contributed by atoms with van der Waals surface area (Å²) in [5, 5.41) is 6.67. The largest absolute Gasteiger partial charge is 0.321 e. The number of hydrogen-bond acceptors (Lipinski definition) is 4. The number of fused-ring (bicyclic) bond motifs is 3. The fourth-order valence-corrected chi connectivity index (χ4v) is 5.34. The monoisotopic (exact) mass is 456 g/mol. The lowest BCUT2D eigenvalue weighted by atomic mass is 10.2. The smallest absolute Gasteiger partial charge is 0.265 e. The first-order valence-corrected chi connectivity index (χ1v) is 12.0. The zero-order valence-corrected chi connectivity index (χ0v) is 19.0. The Bertz CT molecular complexity index is 1370. The van der Waals surface area contributed by atoms with Crippen LogP contribution in [0, 0.1) is 0 Å². The number of thioether (sulfide) groups is 1. The topological polar surface area (TPSA) is 51.1 Å². The van der Waals surface area contributed by atoms with Crippen molar-refractivity contribution in [3.05, 3.63) is 95.2 Å². The van der Waals surface area contributed by atoms with Gasteiger partial charge in [0.05, 0.1) is 21.2 Å². The molecule has 2 aromatic heterocycles. The van der Waals surface area contributed by atoms with Crippen LogP contribution in [-0.4, -0.2) is 21.6 Å². The minimum Gasteiger partial charge on any atom is -0.321 e. The highest BCUT2D eigenvalue weighted by Crippen LogP contribution is 2.32. The van der Waals surface area contributed by atoms with Gasteiger partial charge in [-0.05, 0) is 54.8 Å². The number of thiophene rings is 1. The van der Waals surface area contributed by atoms with Crippen molar-refractivity contribution in [1.29, 1.82) is 0 Å². The van der Waals surface area contributed by atoms with Gasteiger partial charge in [0.25, 0.3) is 5.91 Å². The van der Waals surface area contributed by atoms with Crippen LogP contribution in [0.4, 0.5) is 5.69 Å². The average Bonchev–Trinajstić information content (AvgIpc) is 3.47. The van der Waals surface area contributed by atoms with Crippen LogP contribution in [0.1, 0.15) is 21.4 Å². The van der Waals surface area contributed by atoms with Gasteiger partial charge in [0.15, 0.2) is 0 Å². The van der Waals surface area contributed by atoms with E-state index in [0.29, 0.717) is 4.88 Å². The maximum Gasteiger partial charge on any atom is 0.265 e. The van der Waals surface area contributed by atoms with Crippen LogP contribution in [0.15, 0.2) is 95.2 Å². The van der Waals surface area contributed by atoms with E-state index in [1.165, 1.54) is 23.1 Å². The molecular formula is C26H20N2O2S2. The molecule has 2 heterocycles. The summed E-state index contributed by atoms with van der Waals surface area (Å²) in [5.41, 5.74) is 2.59. The molecule has 5 rings (SSSR count). The summed E-state index contributed by atoms with van der Waals surface area (Å²) in [6.45, 7) is 1.93. The summed E-state index contributed by atoms with van der Waals surface area (Å²) in [6.07, 6.45) is 0. The Morgan fingerprint density at radius 2 is 1.47 bits per heavy atom. The highest BCUT2D eigenvalue weighted by Gasteiger charge is 2.21. The lowest BCUT2D eigenvalue weighted by Gasteiger charge is -2.13. The number of nitrogens with zero attached hydrogens (tertiary/aromatic N) is 1. The highest BCUT2D eigenvalue weighted by atomic mass is 32.2. The summed E-state index contributed by atoms with van der Waals surface area (Å²) in [7, 11) is 0. The Hall–Kier alpha value is -3.35. The fourth-order valence-electron chi connectivity index (χ4n) is 3.81. The van der Waals surface area contributed by atoms with Crippen LogP contribution in [-0.2, 0) is 0 Å². The second-order valence-corrected chi connectivity index (χ2v) is 9.79. The van der Waals surface area contributed by atoms with Gasteiger partial charge in [-0.1, -0.05) is 42.5 Å². The van der Waals surface area contributed by atoms with Crippen LogP contribution < -0.4 is 5.32 Å². The second kappa shape index (κ2) is 8.65. The van der Waals surface area contributed by atoms with Crippen molar-refractivity contribution in [2.75, 3.05) is 5.32 Å². The molecule has 1 N–H and O–H groups in total. The molecule has 6 heteroatoms. The van der Waals surface area contributed by atoms with Gasteiger partial charge in [-0.2, -0.15) is 0 Å². The molecule has 0 saturated heterocycles. The van der Waals surface area contributed by atoms with Crippen LogP contribution in [0.3, 0.4) is 0 Å². The lowest BCUT2D eigenvalue weighted by Crippen LogP contribution is -2.21. The quantitative estimate of drug-likeness (QED) is 0.292. The highest BCUT2D eigenvalue weighted by molar-refractivity contribution is 8.00. The van der Waals surface area contributed by atoms with Crippen LogP contribution in [0.5, 0.6) is 0 Å². The molecule has 4 nitrogen and oxygen atoms in total. The summed E-state index contributed by atoms with van der Waals surface area (Å²) in [6, 6.07) is 27.3. The minimum absolute atomic E-state index is 0.0440. The molecule has 0 spiro atoms. The number of aromatic nitrogens is 1. The molecule has 1 unspecified atom stereocenters. The molecular weight excluding hydrogens is 436 g/mol. The van der Waals surface area contributed by atoms with Crippen molar-refractivity contribution in [3.8, 4) is 0 Å². The first-order chi connectivity index (χ1) is 15.6. The molecule has 5 aromatic rings. The Balaban J connectivity index is 1.36. The van der Waals surface area contributed by atoms with Gasteiger partial charge in [0.1, 0.15) is 0 Å². The van der Waals surface area contributed by atoms with E-state index in [0.717, 1.165) is 32.4 Å². The number of hydrogen-bond donors (Lipinski definition) is 1. The molecule has 0 aliphatic rings. The molecule has 3 aromatic carbocycles. The third kappa shape index (κ3) is 3.83. The van der Waals surface area contributed by atoms with Gasteiger partial charge in [0, 0.05) is 21.4 Å². The number of para-hydroxylation sites is 2. The Morgan fingerprint density at radius 3 is 2.06 bits per heavy atom. The van der Waals surface area contributed by atoms with E-state index in [2.05, 4.69) is 17.4 Å². The Morgan fingerprint density at radius 1 is 0.844 bits per heavy atom. The van der Waals surface area contributed by atoms with Gasteiger partial charge in [-0.25, -0.2) is 0 Å². The van der Waals surface area contributed by atoms with E-state index in [1.807, 2.05) is 83.6 Å². The first kappa shape index (κ1) is 20.5. The minimum atomic E-state index is -0.277. The molecule has 1 amide bonds. The second-order valence-electron chi connectivity index (χ2n) is 7.42. The maximum absolute atomic E-state index is 13.5. The molecule has 32 heavy (non-hydrogen) atoms. The predicted molar refractivity (Wildman–Crippen MR) is 134 cm³/mol. The van der Waals surface area contributed by atoms with Gasteiger partial charge < -0.3 is 5.32 Å². The van der Waals surface area contributed by atoms with Crippen molar-refractivity contribution < 1.29 is 9.59 Å². The van der Waals surface area contributed by atoms with Gasteiger partial charge in [-0.15, -0.1) is 23.1 Å². The van der Waals surface area contributed by atoms with Gasteiger partial charge in [0.2, 0.25) is 5.91 Å². The number of amides is 1. The van der Waals surface area contributed by atoms with E-state index in [9.17, 15) is 9.59 Å². The molecule has 1 atom stereocenters. The van der Waals surface area contributed by atoms with E-state index in [1.54, 1.807) is 6.07 Å². The normalized spacial score (nSPS) is 12.2. The molecule has 0 aliphatic carbocycles. The SMILES string of the molecule is CC(Sc1ccc(NC(=O)c2cccs2)cc1)C(=O)n1c2ccccc2c2ccccc21. The van der Waals surface area contributed by atoms with E-state index in [4.69, 9.17) is 0 Å². The van der Waals surface area contributed by atoms with Crippen molar-refractivity contribution in [3.63, 3.8) is 0 Å². The predicted octanol–water partition coefficient (Wildman–Crippen LogP) is 6.93. The van der Waals surface area contributed by atoms with E-state index >= 15 is 0 Å². The number of benzene rings is 3. The number of rotatable bonds is 5. The summed E-state index contributed by atoms with van der Waals surface area (Å²) in [5.74, 6) is -0.0715. The standard InChI is InChI=1S/C26H20N2O2S2/c1-17(32-19-14-12-18(13-15-19)27-25(29)24-11-6-16-31-24)26(30)28-22-9-4-2-7-20(22)21-8-3-5-10-23(21)28/h2-17H,1H3,(H,27,29). The molecule has 0 bridgehead atoms. The molecule has 0 fully saturated rings. The van der Waals surface area contributed by atoms with E-state index < -0.39 is 0 Å². The van der Waals surface area contributed by atoms with Crippen molar-refractivity contribution in [2.24, 2.45) is 0 Å². The lowest BCUT2D eigenvalue weighted by molar-refractivity contribution is 0.0924. The third-order valence-electron chi connectivity index (χ3n) is 5.32. The maximum atomic E-state index is 13.5. The van der Waals surface area contributed by atoms with E-state index in [-0.39, 0.29) is 17.1 Å². The number of anilines is 1. The molecule has 0 radical (unpaired) electrons. The third-order valence-corrected chi connectivity index (χ3v) is 7.29. The zero-order chi connectivity index (χ0) is 22.1. The van der Waals surface area contributed by atoms with Crippen molar-refractivity contribution in [2.45, 2.75) is 17.1 Å².